The molecule has 0 unspecified atom stereocenters. The van der Waals surface area contributed by atoms with E-state index in [-0.39, 0.29) is 11.1 Å². The van der Waals surface area contributed by atoms with Crippen molar-refractivity contribution in [1.29, 1.82) is 0 Å². The smallest absolute Gasteiger partial charge is 0.255 e. The second-order valence-electron chi connectivity index (χ2n) is 3.99. The molecule has 5 heteroatoms. The van der Waals surface area contributed by atoms with Crippen molar-refractivity contribution in [3.63, 3.8) is 0 Å². The van der Waals surface area contributed by atoms with E-state index in [1.807, 2.05) is 0 Å². The van der Waals surface area contributed by atoms with E-state index in [4.69, 9.17) is 23.2 Å². The van der Waals surface area contributed by atoms with Crippen molar-refractivity contribution in [2.45, 2.75) is 25.3 Å². The minimum Gasteiger partial charge on any atom is -0.339 e. The number of pyridine rings is 1. The molecule has 0 aromatic carbocycles. The third-order valence-electron chi connectivity index (χ3n) is 3.00. The van der Waals surface area contributed by atoms with Gasteiger partial charge in [-0.05, 0) is 25.3 Å². The molecule has 0 bridgehead atoms. The fourth-order valence-electron chi connectivity index (χ4n) is 1.71. The van der Waals surface area contributed by atoms with Crippen LogP contribution < -0.4 is 0 Å². The maximum Gasteiger partial charge on any atom is 0.255 e. The number of hydrogen-bond donors (Lipinski definition) is 0. The van der Waals surface area contributed by atoms with Gasteiger partial charge < -0.3 is 4.90 Å². The van der Waals surface area contributed by atoms with Gasteiger partial charge in [0.15, 0.2) is 0 Å². The zero-order chi connectivity index (χ0) is 11.7. The van der Waals surface area contributed by atoms with Crippen molar-refractivity contribution in [2.24, 2.45) is 0 Å². The summed E-state index contributed by atoms with van der Waals surface area (Å²) in [5.74, 6) is -0.0843. The Bertz CT molecular complexity index is 418. The SMILES string of the molecule is CN(C(=O)c1cc(Cl)ncc1Cl)C1CCC1. The second-order valence-corrected chi connectivity index (χ2v) is 4.78. The molecule has 0 N–H and O–H groups in total. The molecule has 0 spiro atoms. The Balaban J connectivity index is 2.22. The summed E-state index contributed by atoms with van der Waals surface area (Å²) >= 11 is 11.7. The lowest BCUT2D eigenvalue weighted by atomic mass is 9.91. The molecule has 1 aromatic rings. The number of carbonyl (C=O) groups is 1. The quantitative estimate of drug-likeness (QED) is 0.765. The molecule has 1 heterocycles. The number of aromatic nitrogens is 1. The molecule has 1 aliphatic carbocycles. The van der Waals surface area contributed by atoms with Crippen molar-refractivity contribution >= 4 is 29.1 Å². The molecule has 86 valence electrons. The highest BCUT2D eigenvalue weighted by Gasteiger charge is 2.27. The maximum atomic E-state index is 12.1. The van der Waals surface area contributed by atoms with Crippen LogP contribution in [0.1, 0.15) is 29.6 Å². The molecule has 0 aliphatic heterocycles. The summed E-state index contributed by atoms with van der Waals surface area (Å²) in [5, 5.41) is 0.635. The zero-order valence-electron chi connectivity index (χ0n) is 8.91. The van der Waals surface area contributed by atoms with Gasteiger partial charge >= 0.3 is 0 Å². The first-order valence-electron chi connectivity index (χ1n) is 5.18. The number of nitrogens with zero attached hydrogens (tertiary/aromatic N) is 2. The summed E-state index contributed by atoms with van der Waals surface area (Å²) in [7, 11) is 1.80. The Labute approximate surface area is 104 Å². The van der Waals surface area contributed by atoms with Gasteiger partial charge in [0.2, 0.25) is 0 Å². The lowest BCUT2D eigenvalue weighted by Gasteiger charge is -2.34. The van der Waals surface area contributed by atoms with Gasteiger partial charge in [0.1, 0.15) is 5.15 Å². The topological polar surface area (TPSA) is 33.2 Å². The highest BCUT2D eigenvalue weighted by molar-refractivity contribution is 6.35. The molecule has 1 fully saturated rings. The summed E-state index contributed by atoms with van der Waals surface area (Å²) < 4.78 is 0. The van der Waals surface area contributed by atoms with Crippen LogP contribution in [-0.4, -0.2) is 28.9 Å². The minimum absolute atomic E-state index is 0.0843. The van der Waals surface area contributed by atoms with Gasteiger partial charge in [-0.15, -0.1) is 0 Å². The predicted molar refractivity (Wildman–Crippen MR) is 64.0 cm³/mol. The van der Waals surface area contributed by atoms with Crippen molar-refractivity contribution in [3.8, 4) is 0 Å². The number of halogens is 2. The molecule has 16 heavy (non-hydrogen) atoms. The number of carbonyl (C=O) groups excluding carboxylic acids is 1. The normalized spacial score (nSPS) is 15.7. The van der Waals surface area contributed by atoms with Crippen LogP contribution in [-0.2, 0) is 0 Å². The van der Waals surface area contributed by atoms with Gasteiger partial charge in [0.05, 0.1) is 10.6 Å². The average molecular weight is 259 g/mol. The molecular weight excluding hydrogens is 247 g/mol. The van der Waals surface area contributed by atoms with Crippen molar-refractivity contribution in [2.75, 3.05) is 7.05 Å². The Morgan fingerprint density at radius 1 is 1.50 bits per heavy atom. The third kappa shape index (κ3) is 2.15. The Morgan fingerprint density at radius 3 is 2.75 bits per heavy atom. The Hall–Kier alpha value is -0.800. The van der Waals surface area contributed by atoms with E-state index in [0.29, 0.717) is 16.6 Å². The standard InChI is InChI=1S/C11H12Cl2N2O/c1-15(7-3-2-4-7)11(16)8-5-10(13)14-6-9(8)12/h5-7H,2-4H2,1H3. The fourth-order valence-corrected chi connectivity index (χ4v) is 2.05. The van der Waals surface area contributed by atoms with Crippen LogP contribution in [0.25, 0.3) is 0 Å². The molecule has 0 saturated heterocycles. The summed E-state index contributed by atoms with van der Waals surface area (Å²) in [6.45, 7) is 0. The zero-order valence-corrected chi connectivity index (χ0v) is 10.4. The van der Waals surface area contributed by atoms with Crippen LogP contribution in [0.2, 0.25) is 10.2 Å². The largest absolute Gasteiger partial charge is 0.339 e. The predicted octanol–water partition coefficient (Wildman–Crippen LogP) is 3.01. The molecular formula is C11H12Cl2N2O. The van der Waals surface area contributed by atoms with E-state index in [2.05, 4.69) is 4.98 Å². The molecule has 1 aliphatic rings. The third-order valence-corrected chi connectivity index (χ3v) is 3.50. The summed E-state index contributed by atoms with van der Waals surface area (Å²) in [5.41, 5.74) is 0.427. The summed E-state index contributed by atoms with van der Waals surface area (Å²) in [4.78, 5) is 17.7. The van der Waals surface area contributed by atoms with Crippen LogP contribution in [0.15, 0.2) is 12.3 Å². The van der Waals surface area contributed by atoms with Gasteiger partial charge in [-0.25, -0.2) is 4.98 Å². The lowest BCUT2D eigenvalue weighted by molar-refractivity contribution is 0.0652. The van der Waals surface area contributed by atoms with Crippen LogP contribution >= 0.6 is 23.2 Å². The molecule has 0 radical (unpaired) electrons. The fraction of sp³-hybridized carbons (Fsp3) is 0.455. The average Bonchev–Trinajstić information content (AvgIpc) is 2.18. The molecule has 0 atom stereocenters. The molecule has 1 aromatic heterocycles. The molecule has 2 rings (SSSR count). The maximum absolute atomic E-state index is 12.1. The monoisotopic (exact) mass is 258 g/mol. The van der Waals surface area contributed by atoms with E-state index in [1.165, 1.54) is 18.7 Å². The summed E-state index contributed by atoms with van der Waals surface area (Å²) in [6, 6.07) is 1.86. The second kappa shape index (κ2) is 4.60. The van der Waals surface area contributed by atoms with Crippen LogP contribution in [0.3, 0.4) is 0 Å². The lowest BCUT2D eigenvalue weighted by Crippen LogP contribution is -2.41. The highest BCUT2D eigenvalue weighted by Crippen LogP contribution is 2.27. The highest BCUT2D eigenvalue weighted by atomic mass is 35.5. The van der Waals surface area contributed by atoms with E-state index in [9.17, 15) is 4.79 Å². The van der Waals surface area contributed by atoms with Gasteiger partial charge in [0, 0.05) is 19.3 Å². The van der Waals surface area contributed by atoms with E-state index < -0.39 is 0 Å². The van der Waals surface area contributed by atoms with Gasteiger partial charge in [0.25, 0.3) is 5.91 Å². The van der Waals surface area contributed by atoms with Gasteiger partial charge in [-0.2, -0.15) is 0 Å². The number of hydrogen-bond acceptors (Lipinski definition) is 2. The van der Waals surface area contributed by atoms with Crippen molar-refractivity contribution in [1.82, 2.24) is 9.88 Å². The first-order valence-corrected chi connectivity index (χ1v) is 5.93. The summed E-state index contributed by atoms with van der Waals surface area (Å²) in [6.07, 6.45) is 4.73. The molecule has 1 amide bonds. The Morgan fingerprint density at radius 2 is 2.19 bits per heavy atom. The first kappa shape index (κ1) is 11.7. The molecule has 3 nitrogen and oxygen atoms in total. The first-order chi connectivity index (χ1) is 7.59. The van der Waals surface area contributed by atoms with Crippen LogP contribution in [0.5, 0.6) is 0 Å². The van der Waals surface area contributed by atoms with E-state index in [0.717, 1.165) is 12.8 Å². The minimum atomic E-state index is -0.0843. The van der Waals surface area contributed by atoms with Crippen LogP contribution in [0, 0.1) is 0 Å². The van der Waals surface area contributed by atoms with Gasteiger partial charge in [-0.3, -0.25) is 4.79 Å². The van der Waals surface area contributed by atoms with Crippen molar-refractivity contribution in [3.05, 3.63) is 28.0 Å². The number of rotatable bonds is 2. The Kier molecular flexibility index (Phi) is 3.36. The molecule has 1 saturated carbocycles. The van der Waals surface area contributed by atoms with E-state index >= 15 is 0 Å². The van der Waals surface area contributed by atoms with Crippen LogP contribution in [0.4, 0.5) is 0 Å². The number of amides is 1. The van der Waals surface area contributed by atoms with E-state index in [1.54, 1.807) is 11.9 Å². The van der Waals surface area contributed by atoms with Gasteiger partial charge in [-0.1, -0.05) is 23.2 Å². The van der Waals surface area contributed by atoms with Crippen molar-refractivity contribution < 1.29 is 4.79 Å².